The number of aromatic nitrogens is 2. The molecular formula is C24H21N3O. The van der Waals surface area contributed by atoms with Crippen LogP contribution in [-0.4, -0.2) is 16.1 Å². The minimum Gasteiger partial charge on any atom is -0.326 e. The predicted octanol–water partition coefficient (Wildman–Crippen LogP) is 5.28. The minimum absolute atomic E-state index is 0.0714. The Morgan fingerprint density at radius 2 is 1.79 bits per heavy atom. The number of benzene rings is 2. The van der Waals surface area contributed by atoms with Crippen LogP contribution >= 0.6 is 0 Å². The van der Waals surface area contributed by atoms with Gasteiger partial charge in [-0.15, -0.1) is 0 Å². The van der Waals surface area contributed by atoms with Crippen molar-refractivity contribution in [1.82, 2.24) is 10.2 Å². The highest BCUT2D eigenvalue weighted by Crippen LogP contribution is 2.21. The highest BCUT2D eigenvalue weighted by atomic mass is 16.1. The molecule has 0 fully saturated rings. The molecule has 1 heterocycles. The molecule has 1 aliphatic rings. The zero-order valence-corrected chi connectivity index (χ0v) is 15.6. The SMILES string of the molecule is CC(=O)Nc1ccc(/C=C/c2cc(/C=C/c3ccc4c(c3)CC=C4)n[nH]2)cc1. The van der Waals surface area contributed by atoms with Gasteiger partial charge < -0.3 is 5.32 Å². The summed E-state index contributed by atoms with van der Waals surface area (Å²) in [6.45, 7) is 1.50. The van der Waals surface area contributed by atoms with Gasteiger partial charge in [0.25, 0.3) is 0 Å². The molecule has 0 spiro atoms. The fraction of sp³-hybridized carbons (Fsp3) is 0.0833. The Morgan fingerprint density at radius 1 is 1.00 bits per heavy atom. The van der Waals surface area contributed by atoms with E-state index in [9.17, 15) is 4.79 Å². The van der Waals surface area contributed by atoms with Gasteiger partial charge in [0.1, 0.15) is 0 Å². The zero-order chi connectivity index (χ0) is 19.3. The Hall–Kier alpha value is -3.66. The van der Waals surface area contributed by atoms with Crippen LogP contribution in [0, 0.1) is 0 Å². The van der Waals surface area contributed by atoms with Gasteiger partial charge in [-0.25, -0.2) is 0 Å². The lowest BCUT2D eigenvalue weighted by atomic mass is 10.1. The summed E-state index contributed by atoms with van der Waals surface area (Å²) in [5, 5.41) is 10.1. The molecule has 138 valence electrons. The molecule has 1 amide bonds. The number of allylic oxidation sites excluding steroid dienone is 1. The Balaban J connectivity index is 1.40. The summed E-state index contributed by atoms with van der Waals surface area (Å²) >= 11 is 0. The molecule has 1 aliphatic carbocycles. The maximum absolute atomic E-state index is 11.1. The highest BCUT2D eigenvalue weighted by Gasteiger charge is 2.04. The monoisotopic (exact) mass is 367 g/mol. The molecule has 4 heteroatoms. The van der Waals surface area contributed by atoms with Gasteiger partial charge in [0.05, 0.1) is 11.4 Å². The molecular weight excluding hydrogens is 346 g/mol. The first-order valence-corrected chi connectivity index (χ1v) is 9.24. The van der Waals surface area contributed by atoms with Crippen molar-refractivity contribution >= 4 is 42.0 Å². The molecule has 2 N–H and O–H groups in total. The molecule has 0 unspecified atom stereocenters. The van der Waals surface area contributed by atoms with Crippen molar-refractivity contribution < 1.29 is 4.79 Å². The van der Waals surface area contributed by atoms with E-state index in [1.54, 1.807) is 0 Å². The second-order valence-corrected chi connectivity index (χ2v) is 6.78. The first kappa shape index (κ1) is 17.7. The van der Waals surface area contributed by atoms with Crippen molar-refractivity contribution in [3.63, 3.8) is 0 Å². The third-order valence-electron chi connectivity index (χ3n) is 4.55. The second-order valence-electron chi connectivity index (χ2n) is 6.78. The summed E-state index contributed by atoms with van der Waals surface area (Å²) in [6, 6.07) is 16.2. The molecule has 0 atom stereocenters. The second kappa shape index (κ2) is 7.92. The molecule has 0 bridgehead atoms. The van der Waals surface area contributed by atoms with Crippen LogP contribution in [0.1, 0.15) is 40.6 Å². The fourth-order valence-corrected chi connectivity index (χ4v) is 3.15. The number of carbonyl (C=O) groups excluding carboxylic acids is 1. The van der Waals surface area contributed by atoms with Crippen LogP contribution in [-0.2, 0) is 11.2 Å². The largest absolute Gasteiger partial charge is 0.326 e. The number of hydrogen-bond donors (Lipinski definition) is 2. The number of rotatable bonds is 5. The summed E-state index contributed by atoms with van der Waals surface area (Å²) < 4.78 is 0. The van der Waals surface area contributed by atoms with Crippen LogP contribution in [0.5, 0.6) is 0 Å². The van der Waals surface area contributed by atoms with Gasteiger partial charge in [0, 0.05) is 12.6 Å². The van der Waals surface area contributed by atoms with Gasteiger partial charge in [-0.1, -0.05) is 54.6 Å². The average molecular weight is 367 g/mol. The molecule has 0 saturated carbocycles. The molecule has 1 aromatic heterocycles. The number of nitrogens with one attached hydrogen (secondary N) is 2. The van der Waals surface area contributed by atoms with Crippen molar-refractivity contribution in [3.05, 3.63) is 88.2 Å². The Kier molecular flexibility index (Phi) is 5.02. The highest BCUT2D eigenvalue weighted by molar-refractivity contribution is 5.88. The van der Waals surface area contributed by atoms with Crippen LogP contribution in [0.25, 0.3) is 30.4 Å². The molecule has 4 nitrogen and oxygen atoms in total. The maximum atomic E-state index is 11.1. The van der Waals surface area contributed by atoms with Crippen LogP contribution in [0.2, 0.25) is 0 Å². The maximum Gasteiger partial charge on any atom is 0.221 e. The van der Waals surface area contributed by atoms with E-state index >= 15 is 0 Å². The lowest BCUT2D eigenvalue weighted by Gasteiger charge is -2.01. The molecule has 28 heavy (non-hydrogen) atoms. The molecule has 3 aromatic rings. The normalized spacial score (nSPS) is 12.8. The molecule has 0 aliphatic heterocycles. The van der Waals surface area contributed by atoms with Crippen molar-refractivity contribution in [1.29, 1.82) is 0 Å². The number of carbonyl (C=O) groups is 1. The molecule has 0 saturated heterocycles. The van der Waals surface area contributed by atoms with E-state index in [1.165, 1.54) is 23.6 Å². The number of anilines is 1. The van der Waals surface area contributed by atoms with E-state index in [2.05, 4.69) is 51.9 Å². The van der Waals surface area contributed by atoms with Crippen molar-refractivity contribution in [2.45, 2.75) is 13.3 Å². The van der Waals surface area contributed by atoms with Crippen LogP contribution in [0.3, 0.4) is 0 Å². The minimum atomic E-state index is -0.0714. The van der Waals surface area contributed by atoms with Crippen molar-refractivity contribution in [2.75, 3.05) is 5.32 Å². The van der Waals surface area contributed by atoms with Gasteiger partial charge in [-0.2, -0.15) is 5.10 Å². The van der Waals surface area contributed by atoms with E-state index in [4.69, 9.17) is 0 Å². The number of nitrogens with zero attached hydrogens (tertiary/aromatic N) is 1. The number of amides is 1. The Bertz CT molecular complexity index is 1090. The number of fused-ring (bicyclic) bond motifs is 1. The first-order chi connectivity index (χ1) is 13.7. The van der Waals surface area contributed by atoms with Gasteiger partial charge >= 0.3 is 0 Å². The zero-order valence-electron chi connectivity index (χ0n) is 15.6. The van der Waals surface area contributed by atoms with E-state index < -0.39 is 0 Å². The van der Waals surface area contributed by atoms with E-state index in [0.29, 0.717) is 0 Å². The van der Waals surface area contributed by atoms with Crippen LogP contribution in [0.15, 0.2) is 54.6 Å². The van der Waals surface area contributed by atoms with Gasteiger partial charge in [0.2, 0.25) is 5.91 Å². The van der Waals surface area contributed by atoms with Crippen molar-refractivity contribution in [2.24, 2.45) is 0 Å². The topological polar surface area (TPSA) is 57.8 Å². The molecule has 4 rings (SSSR count). The summed E-state index contributed by atoms with van der Waals surface area (Å²) in [4.78, 5) is 11.1. The third-order valence-corrected chi connectivity index (χ3v) is 4.55. The van der Waals surface area contributed by atoms with Gasteiger partial charge in [-0.05, 0) is 59.0 Å². The quantitative estimate of drug-likeness (QED) is 0.645. The van der Waals surface area contributed by atoms with E-state index in [1.807, 2.05) is 48.6 Å². The van der Waals surface area contributed by atoms with E-state index in [-0.39, 0.29) is 5.91 Å². The van der Waals surface area contributed by atoms with Gasteiger partial charge in [0.15, 0.2) is 0 Å². The standard InChI is InChI=1S/C24H21N3O/c1-17(28)25-22-11-6-18(7-12-22)8-13-23-16-24(27-26-23)14-9-19-5-10-20-3-2-4-21(20)15-19/h2-3,5-16H,4H2,1H3,(H,25,28)(H,26,27)/b13-8+,14-9+. The summed E-state index contributed by atoms with van der Waals surface area (Å²) in [5.41, 5.74) is 7.53. The van der Waals surface area contributed by atoms with Crippen LogP contribution < -0.4 is 5.32 Å². The molecule has 2 aromatic carbocycles. The van der Waals surface area contributed by atoms with Crippen LogP contribution in [0.4, 0.5) is 5.69 Å². The van der Waals surface area contributed by atoms with Gasteiger partial charge in [-0.3, -0.25) is 9.89 Å². The van der Waals surface area contributed by atoms with E-state index in [0.717, 1.165) is 29.1 Å². The average Bonchev–Trinajstić information content (AvgIpc) is 3.34. The third kappa shape index (κ3) is 4.35. The number of hydrogen-bond acceptors (Lipinski definition) is 2. The number of aromatic amines is 1. The fourth-order valence-electron chi connectivity index (χ4n) is 3.15. The summed E-state index contributed by atoms with van der Waals surface area (Å²) in [6.07, 6.45) is 13.5. The lowest BCUT2D eigenvalue weighted by molar-refractivity contribution is -0.114. The summed E-state index contributed by atoms with van der Waals surface area (Å²) in [5.74, 6) is -0.0714. The smallest absolute Gasteiger partial charge is 0.221 e. The molecule has 0 radical (unpaired) electrons. The number of H-pyrrole nitrogens is 1. The lowest BCUT2D eigenvalue weighted by Crippen LogP contribution is -2.05. The Labute approximate surface area is 164 Å². The summed E-state index contributed by atoms with van der Waals surface area (Å²) in [7, 11) is 0. The Morgan fingerprint density at radius 3 is 2.61 bits per heavy atom. The van der Waals surface area contributed by atoms with Crippen molar-refractivity contribution in [3.8, 4) is 0 Å². The predicted molar refractivity (Wildman–Crippen MR) is 116 cm³/mol. The first-order valence-electron chi connectivity index (χ1n) is 9.24.